The Hall–Kier alpha value is -1.39. The first-order valence-electron chi connectivity index (χ1n) is 10.9. The molecule has 0 amide bonds. The highest BCUT2D eigenvalue weighted by atomic mass is 127. The minimum atomic E-state index is 0. The fraction of sp³-hybridized carbons (Fsp3) is 0.636. The van der Waals surface area contributed by atoms with E-state index in [0.717, 1.165) is 94.3 Å². The van der Waals surface area contributed by atoms with Gasteiger partial charge in [-0.25, -0.2) is 4.98 Å². The third-order valence-electron chi connectivity index (χ3n) is 5.19. The summed E-state index contributed by atoms with van der Waals surface area (Å²) in [5.41, 5.74) is 2.14. The van der Waals surface area contributed by atoms with Gasteiger partial charge in [-0.1, -0.05) is 12.1 Å². The number of aryl methyl sites for hydroxylation is 1. The third kappa shape index (κ3) is 7.70. The van der Waals surface area contributed by atoms with E-state index in [-0.39, 0.29) is 24.0 Å². The van der Waals surface area contributed by atoms with Crippen LogP contribution < -0.4 is 5.32 Å². The molecular formula is C22H36IN5O2. The molecule has 1 saturated heterocycles. The van der Waals surface area contributed by atoms with Gasteiger partial charge in [-0.15, -0.1) is 24.0 Å². The second-order valence-corrected chi connectivity index (χ2v) is 7.44. The van der Waals surface area contributed by atoms with Crippen molar-refractivity contribution in [2.24, 2.45) is 4.99 Å². The number of ether oxygens (including phenoxy) is 2. The van der Waals surface area contributed by atoms with E-state index in [9.17, 15) is 0 Å². The number of methoxy groups -OCH3 is 1. The number of nitrogens with zero attached hydrogens (tertiary/aromatic N) is 3. The van der Waals surface area contributed by atoms with Crippen LogP contribution in [0.1, 0.15) is 38.4 Å². The lowest BCUT2D eigenvalue weighted by Crippen LogP contribution is -2.47. The minimum absolute atomic E-state index is 0. The lowest BCUT2D eigenvalue weighted by atomic mass is 10.1. The average molecular weight is 529 g/mol. The van der Waals surface area contributed by atoms with Gasteiger partial charge >= 0.3 is 0 Å². The van der Waals surface area contributed by atoms with Crippen LogP contribution >= 0.6 is 24.0 Å². The Morgan fingerprint density at radius 3 is 2.77 bits per heavy atom. The minimum Gasteiger partial charge on any atom is -0.385 e. The second kappa shape index (κ2) is 13.8. The second-order valence-electron chi connectivity index (χ2n) is 7.44. The van der Waals surface area contributed by atoms with Gasteiger partial charge < -0.3 is 24.7 Å². The van der Waals surface area contributed by atoms with Crippen LogP contribution in [0.15, 0.2) is 29.3 Å². The van der Waals surface area contributed by atoms with E-state index in [1.807, 2.05) is 18.2 Å². The summed E-state index contributed by atoms with van der Waals surface area (Å²) < 4.78 is 11.0. The van der Waals surface area contributed by atoms with Crippen LogP contribution in [-0.4, -0.2) is 73.4 Å². The number of halogens is 1. The molecule has 0 spiro atoms. The van der Waals surface area contributed by atoms with E-state index in [4.69, 9.17) is 14.5 Å². The van der Waals surface area contributed by atoms with E-state index >= 15 is 0 Å². The van der Waals surface area contributed by atoms with Crippen molar-refractivity contribution in [1.82, 2.24) is 20.2 Å². The maximum atomic E-state index is 5.97. The number of aliphatic imine (C=N–C) groups is 1. The molecule has 1 aliphatic heterocycles. The number of benzene rings is 1. The molecule has 2 aromatic rings. The monoisotopic (exact) mass is 529 g/mol. The van der Waals surface area contributed by atoms with E-state index < -0.39 is 0 Å². The Kier molecular flexibility index (Phi) is 11.5. The normalized spacial score (nSPS) is 15.4. The van der Waals surface area contributed by atoms with Crippen molar-refractivity contribution < 1.29 is 9.47 Å². The number of hydrogen-bond acceptors (Lipinski definition) is 4. The zero-order valence-electron chi connectivity index (χ0n) is 18.2. The zero-order chi connectivity index (χ0) is 20.3. The van der Waals surface area contributed by atoms with E-state index in [2.05, 4.69) is 33.2 Å². The Bertz CT molecular complexity index is 726. The number of aromatic amines is 1. The maximum absolute atomic E-state index is 5.97. The van der Waals surface area contributed by atoms with Gasteiger partial charge in [-0.3, -0.25) is 4.99 Å². The Balaban J connectivity index is 0.00000320. The molecule has 1 fully saturated rings. The molecule has 1 aromatic carbocycles. The van der Waals surface area contributed by atoms with Crippen LogP contribution in [-0.2, 0) is 15.9 Å². The molecule has 8 heteroatoms. The van der Waals surface area contributed by atoms with Crippen molar-refractivity contribution in [2.75, 3.05) is 46.5 Å². The number of para-hydroxylation sites is 2. The van der Waals surface area contributed by atoms with Crippen molar-refractivity contribution in [3.8, 4) is 0 Å². The van der Waals surface area contributed by atoms with Crippen molar-refractivity contribution >= 4 is 41.0 Å². The number of imidazole rings is 1. The van der Waals surface area contributed by atoms with Crippen LogP contribution in [0.4, 0.5) is 0 Å². The van der Waals surface area contributed by atoms with Crippen LogP contribution in [0.3, 0.4) is 0 Å². The van der Waals surface area contributed by atoms with Gasteiger partial charge in [-0.2, -0.15) is 0 Å². The predicted molar refractivity (Wildman–Crippen MR) is 133 cm³/mol. The van der Waals surface area contributed by atoms with Crippen molar-refractivity contribution in [3.63, 3.8) is 0 Å². The standard InChI is InChI=1S/C22H35N5O2.HI/c1-3-23-22(27-14-11-18(12-15-27)29-17-7-16-28-2)24-13-6-10-21-25-19-8-4-5-9-20(19)26-21;/h4-5,8-9,18H,3,6-7,10-17H2,1-2H3,(H,23,24)(H,25,26);1H. The first-order valence-corrected chi connectivity index (χ1v) is 10.9. The molecule has 0 saturated carbocycles. The zero-order valence-corrected chi connectivity index (χ0v) is 20.6. The van der Waals surface area contributed by atoms with Crippen molar-refractivity contribution in [3.05, 3.63) is 30.1 Å². The summed E-state index contributed by atoms with van der Waals surface area (Å²) in [7, 11) is 1.73. The molecule has 2 heterocycles. The van der Waals surface area contributed by atoms with Gasteiger partial charge in [0.05, 0.1) is 17.1 Å². The number of H-pyrrole nitrogens is 1. The van der Waals surface area contributed by atoms with Crippen LogP contribution in [0.2, 0.25) is 0 Å². The SMILES string of the molecule is CCNC(=NCCCc1nc2ccccc2[nH]1)N1CCC(OCCCOC)CC1.I. The summed E-state index contributed by atoms with van der Waals surface area (Å²) in [5, 5.41) is 3.44. The predicted octanol–water partition coefficient (Wildman–Crippen LogP) is 3.60. The molecule has 0 aliphatic carbocycles. The largest absolute Gasteiger partial charge is 0.385 e. The van der Waals surface area contributed by atoms with Crippen LogP contribution in [0, 0.1) is 0 Å². The van der Waals surface area contributed by atoms with E-state index in [1.54, 1.807) is 7.11 Å². The summed E-state index contributed by atoms with van der Waals surface area (Å²) in [6.45, 7) is 7.34. The molecule has 7 nitrogen and oxygen atoms in total. The topological polar surface area (TPSA) is 74.8 Å². The molecule has 3 rings (SSSR count). The summed E-state index contributed by atoms with van der Waals surface area (Å²) >= 11 is 0. The summed E-state index contributed by atoms with van der Waals surface area (Å²) in [4.78, 5) is 15.3. The Morgan fingerprint density at radius 1 is 1.23 bits per heavy atom. The summed E-state index contributed by atoms with van der Waals surface area (Å²) in [6, 6.07) is 8.17. The summed E-state index contributed by atoms with van der Waals surface area (Å²) in [6.07, 6.45) is 5.32. The fourth-order valence-corrected chi connectivity index (χ4v) is 3.67. The number of hydrogen-bond donors (Lipinski definition) is 2. The molecule has 0 bridgehead atoms. The number of fused-ring (bicyclic) bond motifs is 1. The molecule has 1 aliphatic rings. The highest BCUT2D eigenvalue weighted by Gasteiger charge is 2.21. The summed E-state index contributed by atoms with van der Waals surface area (Å²) in [5.74, 6) is 2.06. The number of piperidine rings is 1. The Morgan fingerprint density at radius 2 is 2.03 bits per heavy atom. The molecule has 1 aromatic heterocycles. The first-order chi connectivity index (χ1) is 14.3. The van der Waals surface area contributed by atoms with E-state index in [0.29, 0.717) is 6.10 Å². The molecule has 2 N–H and O–H groups in total. The average Bonchev–Trinajstić information content (AvgIpc) is 3.17. The lowest BCUT2D eigenvalue weighted by Gasteiger charge is -2.34. The number of guanidine groups is 1. The van der Waals surface area contributed by atoms with Gasteiger partial charge in [0.1, 0.15) is 5.82 Å². The Labute approximate surface area is 197 Å². The smallest absolute Gasteiger partial charge is 0.193 e. The van der Waals surface area contributed by atoms with Crippen molar-refractivity contribution in [1.29, 1.82) is 0 Å². The highest BCUT2D eigenvalue weighted by molar-refractivity contribution is 14.0. The number of likely N-dealkylation sites (tertiary alicyclic amines) is 1. The lowest BCUT2D eigenvalue weighted by molar-refractivity contribution is 0.00990. The molecule has 0 radical (unpaired) electrons. The third-order valence-corrected chi connectivity index (χ3v) is 5.19. The van der Waals surface area contributed by atoms with Gasteiger partial charge in [-0.05, 0) is 44.7 Å². The molecule has 168 valence electrons. The molecule has 0 atom stereocenters. The van der Waals surface area contributed by atoms with Crippen LogP contribution in [0.25, 0.3) is 11.0 Å². The molecule has 0 unspecified atom stereocenters. The van der Waals surface area contributed by atoms with Gasteiger partial charge in [0, 0.05) is 52.9 Å². The first kappa shape index (κ1) is 24.9. The number of rotatable bonds is 10. The van der Waals surface area contributed by atoms with Gasteiger partial charge in [0.2, 0.25) is 0 Å². The van der Waals surface area contributed by atoms with E-state index in [1.165, 1.54) is 0 Å². The molecule has 30 heavy (non-hydrogen) atoms. The quantitative estimate of drug-likeness (QED) is 0.213. The molecular weight excluding hydrogens is 493 g/mol. The van der Waals surface area contributed by atoms with Crippen LogP contribution in [0.5, 0.6) is 0 Å². The maximum Gasteiger partial charge on any atom is 0.193 e. The van der Waals surface area contributed by atoms with Crippen molar-refractivity contribution in [2.45, 2.75) is 45.1 Å². The van der Waals surface area contributed by atoms with Gasteiger partial charge in [0.25, 0.3) is 0 Å². The fourth-order valence-electron chi connectivity index (χ4n) is 3.67. The number of aromatic nitrogens is 2. The van der Waals surface area contributed by atoms with Gasteiger partial charge in [0.15, 0.2) is 5.96 Å². The number of nitrogens with one attached hydrogen (secondary N) is 2. The highest BCUT2D eigenvalue weighted by Crippen LogP contribution is 2.15.